The molecule has 3 aromatic rings. The van der Waals surface area contributed by atoms with Crippen LogP contribution >= 0.6 is 0 Å². The van der Waals surface area contributed by atoms with Crippen LogP contribution in [0.5, 0.6) is 11.5 Å². The third-order valence-corrected chi connectivity index (χ3v) is 5.40. The maximum Gasteiger partial charge on any atom is 0.407 e. The Labute approximate surface area is 178 Å². The summed E-state index contributed by atoms with van der Waals surface area (Å²) in [5, 5.41) is 31.4. The van der Waals surface area contributed by atoms with E-state index in [9.17, 15) is 24.9 Å². The number of aliphatic carboxylic acids is 1. The zero-order valence-corrected chi connectivity index (χ0v) is 16.5. The van der Waals surface area contributed by atoms with Crippen LogP contribution in [0.25, 0.3) is 11.1 Å². The lowest BCUT2D eigenvalue weighted by molar-refractivity contribution is -0.137. The molecule has 1 amide bonds. The van der Waals surface area contributed by atoms with Crippen LogP contribution in [-0.4, -0.2) is 34.0 Å². The fourth-order valence-corrected chi connectivity index (χ4v) is 4.02. The summed E-state index contributed by atoms with van der Waals surface area (Å²) in [6.45, 7) is 0.0751. The zero-order chi connectivity index (χ0) is 22.0. The number of alkyl carbamates (subject to hydrolysis) is 1. The molecule has 0 radical (unpaired) electrons. The van der Waals surface area contributed by atoms with Crippen LogP contribution in [0.4, 0.5) is 4.79 Å². The van der Waals surface area contributed by atoms with E-state index in [0.29, 0.717) is 0 Å². The standard InChI is InChI=1S/C24H21NO6/c26-14-9-10-22(27)19(11-14)21(12-23(28)29)25-24(30)31-13-20-17-7-3-1-5-15(17)16-6-2-4-8-18(16)20/h1-11,20-21,26-27H,12-13H2,(H,25,30)(H,28,29). The summed E-state index contributed by atoms with van der Waals surface area (Å²) < 4.78 is 5.46. The molecule has 0 saturated heterocycles. The van der Waals surface area contributed by atoms with Gasteiger partial charge in [-0.15, -0.1) is 0 Å². The molecule has 7 heteroatoms. The van der Waals surface area contributed by atoms with Crippen LogP contribution < -0.4 is 5.32 Å². The fourth-order valence-electron chi connectivity index (χ4n) is 4.02. The van der Waals surface area contributed by atoms with Crippen LogP contribution in [0.1, 0.15) is 35.1 Å². The van der Waals surface area contributed by atoms with Crippen molar-refractivity contribution in [1.29, 1.82) is 0 Å². The van der Waals surface area contributed by atoms with Gasteiger partial charge in [-0.2, -0.15) is 0 Å². The van der Waals surface area contributed by atoms with Gasteiger partial charge < -0.3 is 25.4 Å². The number of benzene rings is 3. The van der Waals surface area contributed by atoms with E-state index in [1.807, 2.05) is 48.5 Å². The molecular formula is C24H21NO6. The average molecular weight is 419 g/mol. The van der Waals surface area contributed by atoms with Crippen molar-refractivity contribution >= 4 is 12.1 Å². The minimum absolute atomic E-state index is 0.0751. The predicted octanol–water partition coefficient (Wildman–Crippen LogP) is 4.15. The van der Waals surface area contributed by atoms with Gasteiger partial charge in [0.15, 0.2) is 0 Å². The van der Waals surface area contributed by atoms with Crippen LogP contribution in [0.15, 0.2) is 66.7 Å². The number of hydrogen-bond acceptors (Lipinski definition) is 5. The second-order valence-corrected chi connectivity index (χ2v) is 7.36. The molecule has 1 aliphatic carbocycles. The second-order valence-electron chi connectivity index (χ2n) is 7.36. The Morgan fingerprint density at radius 2 is 1.55 bits per heavy atom. The predicted molar refractivity (Wildman–Crippen MR) is 113 cm³/mol. The SMILES string of the molecule is O=C(O)CC(NC(=O)OCC1c2ccccc2-c2ccccc21)c1cc(O)ccc1O. The lowest BCUT2D eigenvalue weighted by Gasteiger charge is -2.20. The second kappa shape index (κ2) is 8.39. The van der Waals surface area contributed by atoms with Gasteiger partial charge in [-0.05, 0) is 40.5 Å². The number of carbonyl (C=O) groups is 2. The van der Waals surface area contributed by atoms with Crippen molar-refractivity contribution in [3.8, 4) is 22.6 Å². The van der Waals surface area contributed by atoms with Gasteiger partial charge in [-0.1, -0.05) is 48.5 Å². The molecule has 158 valence electrons. The zero-order valence-electron chi connectivity index (χ0n) is 16.5. The number of carboxylic acid groups (broad SMARTS) is 1. The first kappa shape index (κ1) is 20.3. The summed E-state index contributed by atoms with van der Waals surface area (Å²) in [6.07, 6.45) is -1.29. The molecule has 1 atom stereocenters. The van der Waals surface area contributed by atoms with Gasteiger partial charge in [-0.3, -0.25) is 4.79 Å². The summed E-state index contributed by atoms with van der Waals surface area (Å²) in [7, 11) is 0. The first-order chi connectivity index (χ1) is 14.9. The Morgan fingerprint density at radius 1 is 0.935 bits per heavy atom. The molecule has 3 aromatic carbocycles. The normalized spacial score (nSPS) is 13.2. The maximum absolute atomic E-state index is 12.5. The molecule has 1 unspecified atom stereocenters. The lowest BCUT2D eigenvalue weighted by Crippen LogP contribution is -2.31. The number of nitrogens with one attached hydrogen (secondary N) is 1. The quantitative estimate of drug-likeness (QED) is 0.446. The summed E-state index contributed by atoms with van der Waals surface area (Å²) in [5.74, 6) is -1.70. The van der Waals surface area contributed by atoms with Crippen LogP contribution in [0, 0.1) is 0 Å². The van der Waals surface area contributed by atoms with E-state index < -0.39 is 24.5 Å². The van der Waals surface area contributed by atoms with E-state index in [0.717, 1.165) is 22.3 Å². The highest BCUT2D eigenvalue weighted by atomic mass is 16.5. The number of rotatable bonds is 6. The van der Waals surface area contributed by atoms with E-state index in [2.05, 4.69) is 5.32 Å². The van der Waals surface area contributed by atoms with Gasteiger partial charge in [0.2, 0.25) is 0 Å². The van der Waals surface area contributed by atoms with Crippen molar-refractivity contribution in [1.82, 2.24) is 5.32 Å². The summed E-state index contributed by atoms with van der Waals surface area (Å²) in [6, 6.07) is 18.5. The van der Waals surface area contributed by atoms with Gasteiger partial charge in [0.1, 0.15) is 18.1 Å². The monoisotopic (exact) mass is 419 g/mol. The Balaban J connectivity index is 1.50. The highest BCUT2D eigenvalue weighted by molar-refractivity contribution is 5.79. The molecule has 31 heavy (non-hydrogen) atoms. The maximum atomic E-state index is 12.5. The van der Waals surface area contributed by atoms with Crippen molar-refractivity contribution < 1.29 is 29.6 Å². The van der Waals surface area contributed by atoms with E-state index >= 15 is 0 Å². The largest absolute Gasteiger partial charge is 0.508 e. The third-order valence-electron chi connectivity index (χ3n) is 5.40. The first-order valence-corrected chi connectivity index (χ1v) is 9.79. The molecule has 0 saturated carbocycles. The number of hydrogen-bond donors (Lipinski definition) is 4. The number of ether oxygens (including phenoxy) is 1. The lowest BCUT2D eigenvalue weighted by atomic mass is 9.98. The molecule has 4 N–H and O–H groups in total. The highest BCUT2D eigenvalue weighted by Crippen LogP contribution is 2.44. The summed E-state index contributed by atoms with van der Waals surface area (Å²) in [5.41, 5.74) is 4.41. The molecule has 0 spiro atoms. The molecule has 1 aliphatic rings. The number of phenolic OH excluding ortho intramolecular Hbond substituents is 2. The van der Waals surface area contributed by atoms with E-state index in [1.54, 1.807) is 0 Å². The van der Waals surface area contributed by atoms with Crippen LogP contribution in [0.3, 0.4) is 0 Å². The highest BCUT2D eigenvalue weighted by Gasteiger charge is 2.29. The molecule has 4 rings (SSSR count). The summed E-state index contributed by atoms with van der Waals surface area (Å²) in [4.78, 5) is 23.8. The van der Waals surface area contributed by atoms with Crippen molar-refractivity contribution in [2.45, 2.75) is 18.4 Å². The average Bonchev–Trinajstić information content (AvgIpc) is 3.07. The molecule has 0 aliphatic heterocycles. The van der Waals surface area contributed by atoms with Crippen molar-refractivity contribution in [3.63, 3.8) is 0 Å². The topological polar surface area (TPSA) is 116 Å². The Kier molecular flexibility index (Phi) is 5.49. The van der Waals surface area contributed by atoms with E-state index in [1.165, 1.54) is 18.2 Å². The summed E-state index contributed by atoms with van der Waals surface area (Å²) >= 11 is 0. The van der Waals surface area contributed by atoms with Gasteiger partial charge in [0.25, 0.3) is 0 Å². The van der Waals surface area contributed by atoms with Gasteiger partial charge in [0, 0.05) is 11.5 Å². The molecule has 0 heterocycles. The molecule has 0 aromatic heterocycles. The minimum Gasteiger partial charge on any atom is -0.508 e. The number of amides is 1. The number of aromatic hydroxyl groups is 2. The minimum atomic E-state index is -1.17. The van der Waals surface area contributed by atoms with Crippen LogP contribution in [-0.2, 0) is 9.53 Å². The number of phenols is 2. The van der Waals surface area contributed by atoms with Crippen molar-refractivity contribution in [2.24, 2.45) is 0 Å². The molecule has 0 bridgehead atoms. The van der Waals surface area contributed by atoms with E-state index in [4.69, 9.17) is 4.74 Å². The smallest absolute Gasteiger partial charge is 0.407 e. The molecule has 7 nitrogen and oxygen atoms in total. The van der Waals surface area contributed by atoms with Crippen LogP contribution in [0.2, 0.25) is 0 Å². The Morgan fingerprint density at radius 3 is 2.16 bits per heavy atom. The molecular weight excluding hydrogens is 398 g/mol. The Hall–Kier alpha value is -4.00. The number of fused-ring (bicyclic) bond motifs is 3. The van der Waals surface area contributed by atoms with Gasteiger partial charge in [-0.25, -0.2) is 4.79 Å². The number of carbonyl (C=O) groups excluding carboxylic acids is 1. The third kappa shape index (κ3) is 4.16. The van der Waals surface area contributed by atoms with Crippen molar-refractivity contribution in [3.05, 3.63) is 83.4 Å². The number of carboxylic acids is 1. The van der Waals surface area contributed by atoms with Gasteiger partial charge >= 0.3 is 12.1 Å². The molecule has 0 fully saturated rings. The van der Waals surface area contributed by atoms with E-state index in [-0.39, 0.29) is 29.6 Å². The Bertz CT molecular complexity index is 1100. The fraction of sp³-hybridized carbons (Fsp3) is 0.167. The van der Waals surface area contributed by atoms with Crippen molar-refractivity contribution in [2.75, 3.05) is 6.61 Å². The first-order valence-electron chi connectivity index (χ1n) is 9.79. The van der Waals surface area contributed by atoms with Gasteiger partial charge in [0.05, 0.1) is 12.5 Å².